The molecule has 1 unspecified atom stereocenters. The average molecular weight is 926 g/mol. The molecule has 0 aromatic heterocycles. The number of rotatable bonds is 52. The summed E-state index contributed by atoms with van der Waals surface area (Å²) < 4.78 is 32.9. The fourth-order valence-corrected chi connectivity index (χ4v) is 8.78. The molecule has 0 heterocycles. The first kappa shape index (κ1) is 62.5. The van der Waals surface area contributed by atoms with Gasteiger partial charge in [0.15, 0.2) is 6.10 Å². The van der Waals surface area contributed by atoms with E-state index in [1.165, 1.54) is 199 Å². The average Bonchev–Trinajstić information content (AvgIpc) is 3.28. The number of ether oxygens (including phenoxy) is 2. The summed E-state index contributed by atoms with van der Waals surface area (Å²) in [5, 5.41) is 0. The molecule has 0 fully saturated rings. The molecular weight excluding hydrogens is 822 g/mol. The fourth-order valence-electron chi connectivity index (χ4n) is 8.01. The molecule has 3 N–H and O–H groups in total. The predicted octanol–water partition coefficient (Wildman–Crippen LogP) is 16.7. The van der Waals surface area contributed by atoms with E-state index >= 15 is 0 Å². The first-order valence-electron chi connectivity index (χ1n) is 27.3. The van der Waals surface area contributed by atoms with Gasteiger partial charge in [-0.2, -0.15) is 0 Å². The van der Waals surface area contributed by atoms with Crippen molar-refractivity contribution in [3.63, 3.8) is 0 Å². The van der Waals surface area contributed by atoms with Crippen LogP contribution in [0.5, 0.6) is 0 Å². The fraction of sp³-hybridized carbons (Fsp3) is 0.889. The van der Waals surface area contributed by atoms with Crippen molar-refractivity contribution < 1.29 is 37.6 Å². The molecule has 0 aromatic carbocycles. The highest BCUT2D eigenvalue weighted by Crippen LogP contribution is 2.43. The summed E-state index contributed by atoms with van der Waals surface area (Å²) in [7, 11) is -4.39. The van der Waals surface area contributed by atoms with Crippen LogP contribution in [0.2, 0.25) is 0 Å². The number of esters is 2. The number of phosphoric ester groups is 1. The Morgan fingerprint density at radius 2 is 0.797 bits per heavy atom. The minimum absolute atomic E-state index is 0.0508. The van der Waals surface area contributed by atoms with Gasteiger partial charge in [-0.25, -0.2) is 4.57 Å². The van der Waals surface area contributed by atoms with Gasteiger partial charge < -0.3 is 20.1 Å². The third-order valence-corrected chi connectivity index (χ3v) is 13.1. The van der Waals surface area contributed by atoms with Gasteiger partial charge in [-0.1, -0.05) is 244 Å². The molecule has 0 saturated heterocycles. The van der Waals surface area contributed by atoms with E-state index in [-0.39, 0.29) is 32.6 Å². The van der Waals surface area contributed by atoms with Crippen molar-refractivity contribution in [1.82, 2.24) is 0 Å². The van der Waals surface area contributed by atoms with Crippen molar-refractivity contribution in [2.24, 2.45) is 5.73 Å². The summed E-state index contributed by atoms with van der Waals surface area (Å²) in [5.41, 5.74) is 5.37. The maximum absolute atomic E-state index is 12.7. The molecule has 64 heavy (non-hydrogen) atoms. The molecule has 0 aliphatic carbocycles. The van der Waals surface area contributed by atoms with Gasteiger partial charge in [-0.05, 0) is 44.9 Å². The van der Waals surface area contributed by atoms with Gasteiger partial charge in [0.25, 0.3) is 0 Å². The van der Waals surface area contributed by atoms with Crippen molar-refractivity contribution in [3.05, 3.63) is 24.3 Å². The quantitative estimate of drug-likeness (QED) is 0.0265. The topological polar surface area (TPSA) is 134 Å². The molecular formula is C54H104NO8P. The Balaban J connectivity index is 4.03. The third kappa shape index (κ3) is 49.9. The maximum atomic E-state index is 12.7. The summed E-state index contributed by atoms with van der Waals surface area (Å²) in [6.45, 7) is 3.75. The van der Waals surface area contributed by atoms with Gasteiger partial charge in [0.1, 0.15) is 6.61 Å². The Bertz CT molecular complexity index is 1100. The molecule has 0 aliphatic rings. The number of allylic oxidation sites excluding steroid dienone is 4. The van der Waals surface area contributed by atoms with E-state index in [4.69, 9.17) is 24.3 Å². The zero-order chi connectivity index (χ0) is 46.7. The number of phosphoric acid groups is 1. The van der Waals surface area contributed by atoms with Crippen molar-refractivity contribution in [2.45, 2.75) is 283 Å². The normalized spacial score (nSPS) is 13.2. The van der Waals surface area contributed by atoms with Crippen molar-refractivity contribution in [3.8, 4) is 0 Å². The van der Waals surface area contributed by atoms with Crippen LogP contribution in [0.3, 0.4) is 0 Å². The summed E-state index contributed by atoms with van der Waals surface area (Å²) in [6.07, 6.45) is 58.1. The minimum atomic E-state index is -4.39. The molecule has 0 aromatic rings. The van der Waals surface area contributed by atoms with E-state index in [1.54, 1.807) is 0 Å². The van der Waals surface area contributed by atoms with Gasteiger partial charge in [0, 0.05) is 19.4 Å². The zero-order valence-electron chi connectivity index (χ0n) is 42.0. The summed E-state index contributed by atoms with van der Waals surface area (Å²) >= 11 is 0. The highest BCUT2D eigenvalue weighted by molar-refractivity contribution is 7.47. The predicted molar refractivity (Wildman–Crippen MR) is 271 cm³/mol. The molecule has 2 atom stereocenters. The van der Waals surface area contributed by atoms with E-state index in [2.05, 4.69) is 38.2 Å². The highest BCUT2D eigenvalue weighted by atomic mass is 31.2. The van der Waals surface area contributed by atoms with Crippen LogP contribution in [0, 0.1) is 0 Å². The molecule has 0 bridgehead atoms. The Kier molecular flexibility index (Phi) is 49.7. The largest absolute Gasteiger partial charge is 0.472 e. The van der Waals surface area contributed by atoms with Gasteiger partial charge >= 0.3 is 19.8 Å². The Morgan fingerprint density at radius 3 is 1.20 bits per heavy atom. The molecule has 0 rings (SSSR count). The van der Waals surface area contributed by atoms with E-state index in [1.807, 2.05) is 0 Å². The molecule has 378 valence electrons. The smallest absolute Gasteiger partial charge is 0.462 e. The van der Waals surface area contributed by atoms with Crippen molar-refractivity contribution >= 4 is 19.8 Å². The molecule has 0 spiro atoms. The van der Waals surface area contributed by atoms with Crippen LogP contribution in [0.4, 0.5) is 0 Å². The lowest BCUT2D eigenvalue weighted by Gasteiger charge is -2.19. The summed E-state index contributed by atoms with van der Waals surface area (Å²) in [6, 6.07) is 0. The number of nitrogens with two attached hydrogens (primary N) is 1. The lowest BCUT2D eigenvalue weighted by atomic mass is 10.0. The molecule has 0 saturated carbocycles. The van der Waals surface area contributed by atoms with Gasteiger partial charge in [-0.15, -0.1) is 0 Å². The molecule has 0 radical (unpaired) electrons. The van der Waals surface area contributed by atoms with Crippen LogP contribution in [-0.4, -0.2) is 49.3 Å². The Labute approximate surface area is 395 Å². The standard InChI is InChI=1S/C54H104NO8P/c1-3-5-7-9-11-13-15-17-19-21-23-25-26-27-29-30-32-34-36-38-40-42-44-46-53(56)60-50-52(51-62-64(58,59)61-49-48-55)63-54(57)47-45-43-41-39-37-35-33-31-28-24-22-20-18-16-14-12-10-8-6-4-2/h30,32,38,40,52H,3-29,31,33-37,39,41-51,55H2,1-2H3,(H,58,59)/b32-30+,40-38+/t52-/m1/s1. The number of hydrogen-bond acceptors (Lipinski definition) is 8. The molecule has 9 nitrogen and oxygen atoms in total. The SMILES string of the molecule is CCCCCCCCCCCCCCCC/C=C/CC/C=C/CCCC(=O)OC[C@H](COP(=O)(O)OCCN)OC(=O)CCCCCCCCCCCCCCCCCCCCCC. The Morgan fingerprint density at radius 1 is 0.453 bits per heavy atom. The second-order valence-corrected chi connectivity index (χ2v) is 19.9. The second kappa shape index (κ2) is 50.9. The van der Waals surface area contributed by atoms with Crippen LogP contribution in [0.1, 0.15) is 277 Å². The summed E-state index contributed by atoms with van der Waals surface area (Å²) in [5.74, 6) is -0.862. The van der Waals surface area contributed by atoms with Crippen LogP contribution >= 0.6 is 7.82 Å². The first-order chi connectivity index (χ1) is 31.3. The molecule has 0 aliphatic heterocycles. The van der Waals surface area contributed by atoms with Gasteiger partial charge in [-0.3, -0.25) is 18.6 Å². The van der Waals surface area contributed by atoms with E-state index < -0.39 is 32.5 Å². The second-order valence-electron chi connectivity index (χ2n) is 18.4. The van der Waals surface area contributed by atoms with E-state index in [0.29, 0.717) is 12.8 Å². The Hall–Kier alpha value is -1.51. The van der Waals surface area contributed by atoms with Crippen molar-refractivity contribution in [1.29, 1.82) is 0 Å². The van der Waals surface area contributed by atoms with Gasteiger partial charge in [0.2, 0.25) is 0 Å². The number of carbonyl (C=O) groups excluding carboxylic acids is 2. The van der Waals surface area contributed by atoms with Crippen LogP contribution in [0.15, 0.2) is 24.3 Å². The van der Waals surface area contributed by atoms with Crippen LogP contribution < -0.4 is 5.73 Å². The number of unbranched alkanes of at least 4 members (excludes halogenated alkanes) is 35. The number of hydrogen-bond donors (Lipinski definition) is 2. The van der Waals surface area contributed by atoms with E-state index in [9.17, 15) is 19.0 Å². The lowest BCUT2D eigenvalue weighted by Crippen LogP contribution is -2.29. The minimum Gasteiger partial charge on any atom is -0.462 e. The van der Waals surface area contributed by atoms with E-state index in [0.717, 1.165) is 38.5 Å². The molecule has 0 amide bonds. The third-order valence-electron chi connectivity index (χ3n) is 12.1. The monoisotopic (exact) mass is 926 g/mol. The first-order valence-corrected chi connectivity index (χ1v) is 28.8. The lowest BCUT2D eigenvalue weighted by molar-refractivity contribution is -0.161. The van der Waals surface area contributed by atoms with Crippen LogP contribution in [0.25, 0.3) is 0 Å². The molecule has 10 heteroatoms. The summed E-state index contributed by atoms with van der Waals surface area (Å²) in [4.78, 5) is 35.1. The van der Waals surface area contributed by atoms with Crippen LogP contribution in [-0.2, 0) is 32.7 Å². The van der Waals surface area contributed by atoms with Crippen molar-refractivity contribution in [2.75, 3.05) is 26.4 Å². The zero-order valence-corrected chi connectivity index (χ0v) is 42.9. The highest BCUT2D eigenvalue weighted by Gasteiger charge is 2.26. The van der Waals surface area contributed by atoms with Gasteiger partial charge in [0.05, 0.1) is 13.2 Å². The maximum Gasteiger partial charge on any atom is 0.472 e. The number of carbonyl (C=O) groups is 2.